The third-order valence-electron chi connectivity index (χ3n) is 4.03. The molecule has 1 saturated heterocycles. The molecule has 3 heteroatoms. The van der Waals surface area contributed by atoms with Gasteiger partial charge in [-0.1, -0.05) is 13.3 Å². The summed E-state index contributed by atoms with van der Waals surface area (Å²) < 4.78 is 5.26. The lowest BCUT2D eigenvalue weighted by atomic mass is 9.94. The van der Waals surface area contributed by atoms with Gasteiger partial charge in [-0.3, -0.25) is 4.90 Å². The Labute approximate surface area is 110 Å². The third-order valence-corrected chi connectivity index (χ3v) is 4.03. The van der Waals surface area contributed by atoms with Gasteiger partial charge in [-0.25, -0.2) is 0 Å². The zero-order chi connectivity index (χ0) is 13.0. The van der Waals surface area contributed by atoms with Gasteiger partial charge in [0.1, 0.15) is 5.75 Å². The Morgan fingerprint density at radius 3 is 2.67 bits per heavy atom. The molecule has 2 N–H and O–H groups in total. The van der Waals surface area contributed by atoms with Crippen LogP contribution in [-0.4, -0.2) is 25.1 Å². The van der Waals surface area contributed by atoms with E-state index in [9.17, 15) is 0 Å². The summed E-state index contributed by atoms with van der Waals surface area (Å²) in [6, 6.07) is 5.91. The van der Waals surface area contributed by atoms with Crippen molar-refractivity contribution in [3.63, 3.8) is 0 Å². The minimum atomic E-state index is 0.869. The van der Waals surface area contributed by atoms with E-state index in [4.69, 9.17) is 10.5 Å². The number of hydrogen-bond acceptors (Lipinski definition) is 3. The standard InChI is InChI=1S/C15H24N2O/c1-3-12-6-8-17(9-7-12)11-13-10-14(18-2)4-5-15(13)16/h4-5,10,12H,3,6-9,11,16H2,1-2H3. The molecular weight excluding hydrogens is 224 g/mol. The minimum absolute atomic E-state index is 0.869. The molecule has 1 fully saturated rings. The summed E-state index contributed by atoms with van der Waals surface area (Å²) in [5.41, 5.74) is 8.09. The van der Waals surface area contributed by atoms with Gasteiger partial charge in [-0.15, -0.1) is 0 Å². The summed E-state index contributed by atoms with van der Waals surface area (Å²) in [5.74, 6) is 1.81. The largest absolute Gasteiger partial charge is 0.497 e. The van der Waals surface area contributed by atoms with Crippen molar-refractivity contribution in [2.75, 3.05) is 25.9 Å². The van der Waals surface area contributed by atoms with Crippen LogP contribution in [0.3, 0.4) is 0 Å². The summed E-state index contributed by atoms with van der Waals surface area (Å²) in [4.78, 5) is 2.50. The maximum Gasteiger partial charge on any atom is 0.119 e. The minimum Gasteiger partial charge on any atom is -0.497 e. The van der Waals surface area contributed by atoms with Gasteiger partial charge in [0.15, 0.2) is 0 Å². The van der Waals surface area contributed by atoms with Crippen molar-refractivity contribution in [3.05, 3.63) is 23.8 Å². The topological polar surface area (TPSA) is 38.5 Å². The molecule has 1 aromatic rings. The zero-order valence-corrected chi connectivity index (χ0v) is 11.5. The van der Waals surface area contributed by atoms with Gasteiger partial charge < -0.3 is 10.5 Å². The molecule has 1 aliphatic rings. The van der Waals surface area contributed by atoms with Crippen molar-refractivity contribution >= 4 is 5.69 Å². The molecule has 0 aromatic heterocycles. The number of nitrogens with zero attached hydrogens (tertiary/aromatic N) is 1. The predicted molar refractivity (Wildman–Crippen MR) is 75.7 cm³/mol. The number of ether oxygens (including phenoxy) is 1. The van der Waals surface area contributed by atoms with Crippen LogP contribution in [0, 0.1) is 5.92 Å². The Bertz CT molecular complexity index is 384. The monoisotopic (exact) mass is 248 g/mol. The predicted octanol–water partition coefficient (Wildman–Crippen LogP) is 2.90. The Morgan fingerprint density at radius 2 is 2.06 bits per heavy atom. The van der Waals surface area contributed by atoms with E-state index >= 15 is 0 Å². The van der Waals surface area contributed by atoms with Gasteiger partial charge in [-0.05, 0) is 55.6 Å². The molecule has 0 saturated carbocycles. The molecule has 0 spiro atoms. The Kier molecular flexibility index (Phi) is 4.48. The lowest BCUT2D eigenvalue weighted by Gasteiger charge is -2.31. The first-order chi connectivity index (χ1) is 8.72. The number of hydrogen-bond donors (Lipinski definition) is 1. The number of anilines is 1. The van der Waals surface area contributed by atoms with Crippen LogP contribution in [0.4, 0.5) is 5.69 Å². The van der Waals surface area contributed by atoms with Crippen molar-refractivity contribution in [1.29, 1.82) is 0 Å². The highest BCUT2D eigenvalue weighted by Crippen LogP contribution is 2.25. The molecule has 1 aromatic carbocycles. The number of piperidine rings is 1. The maximum atomic E-state index is 6.03. The van der Waals surface area contributed by atoms with Crippen LogP contribution in [0.25, 0.3) is 0 Å². The number of likely N-dealkylation sites (tertiary alicyclic amines) is 1. The fraction of sp³-hybridized carbons (Fsp3) is 0.600. The number of nitrogen functional groups attached to an aromatic ring is 1. The molecule has 3 nitrogen and oxygen atoms in total. The van der Waals surface area contributed by atoms with Crippen LogP contribution < -0.4 is 10.5 Å². The van der Waals surface area contributed by atoms with Crippen LogP contribution >= 0.6 is 0 Å². The van der Waals surface area contributed by atoms with Gasteiger partial charge in [0, 0.05) is 12.2 Å². The molecule has 0 unspecified atom stereocenters. The van der Waals surface area contributed by atoms with Gasteiger partial charge in [-0.2, -0.15) is 0 Å². The summed E-state index contributed by atoms with van der Waals surface area (Å²) in [6.45, 7) is 5.62. The van der Waals surface area contributed by atoms with Crippen molar-refractivity contribution in [3.8, 4) is 5.75 Å². The Morgan fingerprint density at radius 1 is 1.33 bits per heavy atom. The molecule has 100 valence electrons. The van der Waals surface area contributed by atoms with E-state index in [-0.39, 0.29) is 0 Å². The van der Waals surface area contributed by atoms with E-state index in [1.54, 1.807) is 7.11 Å². The molecule has 1 heterocycles. The van der Waals surface area contributed by atoms with Crippen LogP contribution in [0.15, 0.2) is 18.2 Å². The van der Waals surface area contributed by atoms with E-state index in [1.165, 1.54) is 37.9 Å². The number of nitrogens with two attached hydrogens (primary N) is 1. The fourth-order valence-corrected chi connectivity index (χ4v) is 2.64. The Balaban J connectivity index is 1.97. The second-order valence-electron chi connectivity index (χ2n) is 5.19. The first-order valence-corrected chi connectivity index (χ1v) is 6.87. The first-order valence-electron chi connectivity index (χ1n) is 6.87. The highest BCUT2D eigenvalue weighted by Gasteiger charge is 2.18. The molecular formula is C15H24N2O. The van der Waals surface area contributed by atoms with Gasteiger partial charge in [0.05, 0.1) is 7.11 Å². The maximum absolute atomic E-state index is 6.03. The highest BCUT2D eigenvalue weighted by atomic mass is 16.5. The van der Waals surface area contributed by atoms with Crippen molar-refractivity contribution in [2.24, 2.45) is 5.92 Å². The van der Waals surface area contributed by atoms with Crippen LogP contribution in [-0.2, 0) is 6.54 Å². The molecule has 0 bridgehead atoms. The first kappa shape index (κ1) is 13.2. The summed E-state index contributed by atoms with van der Waals surface area (Å²) in [7, 11) is 1.70. The molecule has 0 aliphatic carbocycles. The van der Waals surface area contributed by atoms with E-state index in [1.807, 2.05) is 12.1 Å². The van der Waals surface area contributed by atoms with Gasteiger partial charge in [0.2, 0.25) is 0 Å². The van der Waals surface area contributed by atoms with E-state index < -0.39 is 0 Å². The van der Waals surface area contributed by atoms with E-state index in [2.05, 4.69) is 17.9 Å². The highest BCUT2D eigenvalue weighted by molar-refractivity contribution is 5.50. The van der Waals surface area contributed by atoms with Gasteiger partial charge in [0.25, 0.3) is 0 Å². The average Bonchev–Trinajstić information content (AvgIpc) is 2.42. The molecule has 0 amide bonds. The molecule has 0 radical (unpaired) electrons. The summed E-state index contributed by atoms with van der Waals surface area (Å²) in [6.07, 6.45) is 3.95. The second kappa shape index (κ2) is 6.10. The fourth-order valence-electron chi connectivity index (χ4n) is 2.64. The lowest BCUT2D eigenvalue weighted by Crippen LogP contribution is -2.33. The van der Waals surface area contributed by atoms with Crippen molar-refractivity contribution in [2.45, 2.75) is 32.7 Å². The normalized spacial score (nSPS) is 17.9. The molecule has 18 heavy (non-hydrogen) atoms. The van der Waals surface area contributed by atoms with E-state index in [0.717, 1.165) is 23.9 Å². The number of rotatable bonds is 4. The molecule has 0 atom stereocenters. The van der Waals surface area contributed by atoms with Crippen molar-refractivity contribution in [1.82, 2.24) is 4.90 Å². The third kappa shape index (κ3) is 3.16. The lowest BCUT2D eigenvalue weighted by molar-refractivity contribution is 0.175. The molecule has 1 aliphatic heterocycles. The van der Waals surface area contributed by atoms with Gasteiger partial charge >= 0.3 is 0 Å². The SMILES string of the molecule is CCC1CCN(Cc2cc(OC)ccc2N)CC1. The second-order valence-corrected chi connectivity index (χ2v) is 5.19. The quantitative estimate of drug-likeness (QED) is 0.833. The summed E-state index contributed by atoms with van der Waals surface area (Å²) >= 11 is 0. The average molecular weight is 248 g/mol. The summed E-state index contributed by atoms with van der Waals surface area (Å²) in [5, 5.41) is 0. The van der Waals surface area contributed by atoms with Crippen molar-refractivity contribution < 1.29 is 4.74 Å². The smallest absolute Gasteiger partial charge is 0.119 e. The Hall–Kier alpha value is -1.22. The number of benzene rings is 1. The number of methoxy groups -OCH3 is 1. The van der Waals surface area contributed by atoms with Crippen LogP contribution in [0.2, 0.25) is 0 Å². The van der Waals surface area contributed by atoms with Crippen LogP contribution in [0.1, 0.15) is 31.7 Å². The van der Waals surface area contributed by atoms with E-state index in [0.29, 0.717) is 0 Å². The van der Waals surface area contributed by atoms with Crippen LogP contribution in [0.5, 0.6) is 5.75 Å². The zero-order valence-electron chi connectivity index (χ0n) is 11.5. The molecule has 2 rings (SSSR count).